The van der Waals surface area contributed by atoms with Gasteiger partial charge in [0.1, 0.15) is 0 Å². The Bertz CT molecular complexity index is 377. The molecule has 2 atom stereocenters. The molecular formula is C18H28O6. The van der Waals surface area contributed by atoms with Crippen molar-refractivity contribution in [3.05, 3.63) is 0 Å². The highest BCUT2D eigenvalue weighted by atomic mass is 16.7. The Morgan fingerprint density at radius 3 is 1.38 bits per heavy atom. The highest BCUT2D eigenvalue weighted by Gasteiger charge is 2.34. The molecule has 0 amide bonds. The summed E-state index contributed by atoms with van der Waals surface area (Å²) in [5.41, 5.74) is 0. The van der Waals surface area contributed by atoms with Gasteiger partial charge in [-0.25, -0.2) is 0 Å². The van der Waals surface area contributed by atoms with Crippen LogP contribution < -0.4 is 0 Å². The minimum atomic E-state index is -0.377. The molecule has 0 bridgehead atoms. The maximum Gasteiger partial charge on any atom is 0.311 e. The second kappa shape index (κ2) is 8.81. The van der Waals surface area contributed by atoms with Crippen molar-refractivity contribution < 1.29 is 28.5 Å². The molecule has 0 radical (unpaired) electrons. The van der Waals surface area contributed by atoms with Crippen molar-refractivity contribution in [2.75, 3.05) is 13.2 Å². The van der Waals surface area contributed by atoms with Crippen LogP contribution in [0.4, 0.5) is 0 Å². The highest BCUT2D eigenvalue weighted by molar-refractivity contribution is 5.75. The molecule has 0 aromatic carbocycles. The molecule has 2 unspecified atom stereocenters. The van der Waals surface area contributed by atoms with E-state index in [9.17, 15) is 9.59 Å². The Kier molecular flexibility index (Phi) is 6.49. The van der Waals surface area contributed by atoms with Crippen molar-refractivity contribution in [1.29, 1.82) is 0 Å². The number of esters is 2. The third-order valence-electron chi connectivity index (χ3n) is 5.16. The van der Waals surface area contributed by atoms with Crippen molar-refractivity contribution in [2.24, 2.45) is 11.8 Å². The van der Waals surface area contributed by atoms with E-state index in [1.165, 1.54) is 0 Å². The van der Waals surface area contributed by atoms with Gasteiger partial charge in [0.2, 0.25) is 12.6 Å². The summed E-state index contributed by atoms with van der Waals surface area (Å²) in [6.07, 6.45) is 7.68. The zero-order valence-corrected chi connectivity index (χ0v) is 14.2. The Morgan fingerprint density at radius 1 is 0.625 bits per heavy atom. The second-order valence-electron chi connectivity index (χ2n) is 7.01. The molecule has 3 fully saturated rings. The van der Waals surface area contributed by atoms with Crippen molar-refractivity contribution >= 4 is 11.9 Å². The quantitative estimate of drug-likeness (QED) is 0.733. The van der Waals surface area contributed by atoms with Crippen LogP contribution in [-0.4, -0.2) is 37.7 Å². The van der Waals surface area contributed by atoms with Gasteiger partial charge in [-0.3, -0.25) is 9.59 Å². The number of rotatable bonds is 4. The topological polar surface area (TPSA) is 71.1 Å². The number of hydrogen-bond acceptors (Lipinski definition) is 6. The Balaban J connectivity index is 1.38. The summed E-state index contributed by atoms with van der Waals surface area (Å²) < 4.78 is 21.8. The molecule has 24 heavy (non-hydrogen) atoms. The van der Waals surface area contributed by atoms with Crippen LogP contribution >= 0.6 is 0 Å². The van der Waals surface area contributed by atoms with Crippen LogP contribution in [0.2, 0.25) is 0 Å². The molecule has 2 heterocycles. The molecule has 6 nitrogen and oxygen atoms in total. The first kappa shape index (κ1) is 17.7. The predicted octanol–water partition coefficient (Wildman–Crippen LogP) is 2.93. The van der Waals surface area contributed by atoms with Gasteiger partial charge in [0.15, 0.2) is 0 Å². The van der Waals surface area contributed by atoms with Crippen molar-refractivity contribution in [1.82, 2.24) is 0 Å². The third-order valence-corrected chi connectivity index (χ3v) is 5.16. The SMILES string of the molecule is O=C(OC1CCCCO1)C1CCC(C(=O)OC2CCCCO2)CC1. The molecule has 3 aliphatic rings. The fraction of sp³-hybridized carbons (Fsp3) is 0.889. The standard InChI is InChI=1S/C18H28O6/c19-17(23-15-5-1-3-11-21-15)13-7-9-14(10-8-13)18(20)24-16-6-2-4-12-22-16/h13-16H,1-12H2. The second-order valence-corrected chi connectivity index (χ2v) is 7.01. The minimum absolute atomic E-state index is 0.120. The van der Waals surface area contributed by atoms with Gasteiger partial charge < -0.3 is 18.9 Å². The lowest BCUT2D eigenvalue weighted by molar-refractivity contribution is -0.197. The fourth-order valence-corrected chi connectivity index (χ4v) is 3.62. The highest BCUT2D eigenvalue weighted by Crippen LogP contribution is 2.32. The minimum Gasteiger partial charge on any atom is -0.436 e. The number of ether oxygens (including phenoxy) is 4. The largest absolute Gasteiger partial charge is 0.436 e. The Hall–Kier alpha value is -1.14. The van der Waals surface area contributed by atoms with E-state index in [0.717, 1.165) is 38.5 Å². The van der Waals surface area contributed by atoms with Crippen molar-refractivity contribution in [3.8, 4) is 0 Å². The number of carbonyl (C=O) groups excluding carboxylic acids is 2. The summed E-state index contributed by atoms with van der Waals surface area (Å²) in [7, 11) is 0. The molecule has 0 N–H and O–H groups in total. The van der Waals surface area contributed by atoms with E-state index >= 15 is 0 Å². The molecule has 1 aliphatic carbocycles. The Labute approximate surface area is 143 Å². The normalized spacial score (nSPS) is 34.3. The van der Waals surface area contributed by atoms with E-state index in [4.69, 9.17) is 18.9 Å². The van der Waals surface area contributed by atoms with Crippen LogP contribution in [0, 0.1) is 11.8 Å². The Morgan fingerprint density at radius 2 is 1.04 bits per heavy atom. The van der Waals surface area contributed by atoms with E-state index in [-0.39, 0.29) is 36.4 Å². The van der Waals surface area contributed by atoms with E-state index in [1.807, 2.05) is 0 Å². The van der Waals surface area contributed by atoms with Gasteiger partial charge in [0.25, 0.3) is 0 Å². The number of hydrogen-bond donors (Lipinski definition) is 0. The first-order valence-electron chi connectivity index (χ1n) is 9.36. The first-order chi connectivity index (χ1) is 11.7. The maximum absolute atomic E-state index is 12.2. The average Bonchev–Trinajstić information content (AvgIpc) is 2.63. The van der Waals surface area contributed by atoms with Gasteiger partial charge in [-0.2, -0.15) is 0 Å². The summed E-state index contributed by atoms with van der Waals surface area (Å²) in [6, 6.07) is 0. The molecule has 0 spiro atoms. The maximum atomic E-state index is 12.2. The van der Waals surface area contributed by atoms with Crippen molar-refractivity contribution in [3.63, 3.8) is 0 Å². The zero-order valence-electron chi connectivity index (χ0n) is 14.2. The molecule has 2 saturated heterocycles. The first-order valence-corrected chi connectivity index (χ1v) is 9.36. The molecule has 0 aromatic rings. The molecule has 3 rings (SSSR count). The molecule has 2 aliphatic heterocycles. The predicted molar refractivity (Wildman–Crippen MR) is 84.8 cm³/mol. The van der Waals surface area contributed by atoms with Crippen molar-refractivity contribution in [2.45, 2.75) is 76.8 Å². The van der Waals surface area contributed by atoms with E-state index in [0.29, 0.717) is 38.9 Å². The fourth-order valence-electron chi connectivity index (χ4n) is 3.62. The molecule has 0 aromatic heterocycles. The smallest absolute Gasteiger partial charge is 0.311 e. The van der Waals surface area contributed by atoms with Gasteiger partial charge in [-0.15, -0.1) is 0 Å². The summed E-state index contributed by atoms with van der Waals surface area (Å²) in [5, 5.41) is 0. The van der Waals surface area contributed by atoms with Gasteiger partial charge in [0.05, 0.1) is 25.0 Å². The lowest BCUT2D eigenvalue weighted by Gasteiger charge is -2.30. The van der Waals surface area contributed by atoms with E-state index in [1.54, 1.807) is 0 Å². The monoisotopic (exact) mass is 340 g/mol. The van der Waals surface area contributed by atoms with Gasteiger partial charge in [0, 0.05) is 12.8 Å². The third kappa shape index (κ3) is 4.93. The van der Waals surface area contributed by atoms with Gasteiger partial charge >= 0.3 is 11.9 Å². The van der Waals surface area contributed by atoms with Crippen LogP contribution in [0.15, 0.2) is 0 Å². The van der Waals surface area contributed by atoms with E-state index in [2.05, 4.69) is 0 Å². The summed E-state index contributed by atoms with van der Waals surface area (Å²) in [5.74, 6) is -0.593. The van der Waals surface area contributed by atoms with Crippen LogP contribution in [0.3, 0.4) is 0 Å². The zero-order chi connectivity index (χ0) is 16.8. The lowest BCUT2D eigenvalue weighted by atomic mass is 9.82. The number of carbonyl (C=O) groups is 2. The van der Waals surface area contributed by atoms with Crippen LogP contribution in [-0.2, 0) is 28.5 Å². The van der Waals surface area contributed by atoms with Gasteiger partial charge in [-0.1, -0.05) is 0 Å². The van der Waals surface area contributed by atoms with Crippen LogP contribution in [0.25, 0.3) is 0 Å². The van der Waals surface area contributed by atoms with Crippen LogP contribution in [0.1, 0.15) is 64.2 Å². The summed E-state index contributed by atoms with van der Waals surface area (Å²) >= 11 is 0. The molecule has 6 heteroatoms. The van der Waals surface area contributed by atoms with Crippen LogP contribution in [0.5, 0.6) is 0 Å². The molecular weight excluding hydrogens is 312 g/mol. The summed E-state index contributed by atoms with van der Waals surface area (Å²) in [6.45, 7) is 1.33. The average molecular weight is 340 g/mol. The molecule has 136 valence electrons. The van der Waals surface area contributed by atoms with Gasteiger partial charge in [-0.05, 0) is 51.4 Å². The summed E-state index contributed by atoms with van der Waals surface area (Å²) in [4.78, 5) is 24.4. The van der Waals surface area contributed by atoms with E-state index < -0.39 is 0 Å². The molecule has 1 saturated carbocycles. The lowest BCUT2D eigenvalue weighted by Crippen LogP contribution is -2.34.